The molecule has 6 heteroatoms. The van der Waals surface area contributed by atoms with Crippen LogP contribution in [-0.4, -0.2) is 33.3 Å². The lowest BCUT2D eigenvalue weighted by atomic mass is 9.82. The summed E-state index contributed by atoms with van der Waals surface area (Å²) in [6, 6.07) is 1.91. The molecule has 1 heterocycles. The number of amides is 1. The van der Waals surface area contributed by atoms with Crippen LogP contribution in [0.3, 0.4) is 0 Å². The van der Waals surface area contributed by atoms with E-state index in [2.05, 4.69) is 10.4 Å². The van der Waals surface area contributed by atoms with E-state index < -0.39 is 17.8 Å². The van der Waals surface area contributed by atoms with Gasteiger partial charge in [-0.2, -0.15) is 5.10 Å². The van der Waals surface area contributed by atoms with Gasteiger partial charge in [-0.25, -0.2) is 0 Å². The summed E-state index contributed by atoms with van der Waals surface area (Å²) < 4.78 is 1.72. The summed E-state index contributed by atoms with van der Waals surface area (Å²) in [5.74, 6) is -1.92. The van der Waals surface area contributed by atoms with Gasteiger partial charge >= 0.3 is 5.97 Å². The Labute approximate surface area is 122 Å². The predicted octanol–water partition coefficient (Wildman–Crippen LogP) is 0.602. The zero-order valence-electron chi connectivity index (χ0n) is 11.9. The zero-order chi connectivity index (χ0) is 15.0. The molecule has 21 heavy (non-hydrogen) atoms. The number of nitrogens with zero attached hydrogens (tertiary/aromatic N) is 2. The monoisotopic (exact) mass is 289 g/mol. The van der Waals surface area contributed by atoms with Crippen LogP contribution in [0.1, 0.15) is 12.1 Å². The number of rotatable bonds is 5. The average molecular weight is 289 g/mol. The first-order chi connectivity index (χ1) is 10.1. The quantitative estimate of drug-likeness (QED) is 0.778. The number of carbonyl (C=O) groups is 2. The molecule has 2 aliphatic carbocycles. The highest BCUT2D eigenvalue weighted by molar-refractivity contribution is 5.86. The molecular weight excluding hydrogens is 270 g/mol. The number of hydrogen-bond acceptors (Lipinski definition) is 3. The molecule has 2 unspecified atom stereocenters. The normalized spacial score (nSPS) is 29.8. The Morgan fingerprint density at radius 3 is 2.71 bits per heavy atom. The average Bonchev–Trinajstić information content (AvgIpc) is 3.13. The van der Waals surface area contributed by atoms with Gasteiger partial charge in [0.15, 0.2) is 0 Å². The molecule has 6 nitrogen and oxygen atoms in total. The lowest BCUT2D eigenvalue weighted by molar-refractivity contribution is -0.147. The Bertz CT molecular complexity index is 593. The summed E-state index contributed by atoms with van der Waals surface area (Å²) in [6.45, 7) is 0.486. The highest BCUT2D eigenvalue weighted by Crippen LogP contribution is 2.48. The summed E-state index contributed by atoms with van der Waals surface area (Å²) in [7, 11) is 1.85. The molecule has 0 saturated heterocycles. The maximum Gasteiger partial charge on any atom is 0.307 e. The van der Waals surface area contributed by atoms with E-state index >= 15 is 0 Å². The molecule has 0 aromatic carbocycles. The third kappa shape index (κ3) is 2.57. The van der Waals surface area contributed by atoms with Crippen molar-refractivity contribution < 1.29 is 14.7 Å². The van der Waals surface area contributed by atoms with E-state index in [1.165, 1.54) is 0 Å². The van der Waals surface area contributed by atoms with Crippen molar-refractivity contribution in [3.63, 3.8) is 0 Å². The van der Waals surface area contributed by atoms with Crippen LogP contribution in [-0.2, 0) is 23.1 Å². The molecule has 4 atom stereocenters. The first kappa shape index (κ1) is 13.9. The lowest BCUT2D eigenvalue weighted by Crippen LogP contribution is -2.40. The highest BCUT2D eigenvalue weighted by atomic mass is 16.4. The van der Waals surface area contributed by atoms with E-state index in [0.717, 1.165) is 12.1 Å². The smallest absolute Gasteiger partial charge is 0.307 e. The van der Waals surface area contributed by atoms with Crippen LogP contribution in [0.4, 0.5) is 0 Å². The van der Waals surface area contributed by atoms with Crippen molar-refractivity contribution in [2.75, 3.05) is 6.54 Å². The van der Waals surface area contributed by atoms with Gasteiger partial charge in [0.2, 0.25) is 5.91 Å². The van der Waals surface area contributed by atoms with Crippen molar-refractivity contribution in [2.24, 2.45) is 30.7 Å². The first-order valence-electron chi connectivity index (χ1n) is 7.23. The Morgan fingerprint density at radius 2 is 2.10 bits per heavy atom. The Morgan fingerprint density at radius 1 is 1.38 bits per heavy atom. The second-order valence-electron chi connectivity index (χ2n) is 5.86. The minimum atomic E-state index is -0.864. The van der Waals surface area contributed by atoms with E-state index in [0.29, 0.717) is 13.0 Å². The molecule has 1 amide bonds. The third-order valence-electron chi connectivity index (χ3n) is 4.50. The Kier molecular flexibility index (Phi) is 3.53. The molecule has 1 aromatic heterocycles. The highest BCUT2D eigenvalue weighted by Gasteiger charge is 2.51. The molecule has 0 aliphatic heterocycles. The molecule has 2 aliphatic rings. The molecule has 3 rings (SSSR count). The molecular formula is C15H19N3O3. The van der Waals surface area contributed by atoms with Gasteiger partial charge in [0.05, 0.1) is 17.5 Å². The van der Waals surface area contributed by atoms with E-state index in [4.69, 9.17) is 0 Å². The summed E-state index contributed by atoms with van der Waals surface area (Å²) in [6.07, 6.45) is 7.24. The van der Waals surface area contributed by atoms with E-state index in [-0.39, 0.29) is 17.7 Å². The zero-order valence-corrected chi connectivity index (χ0v) is 11.9. The van der Waals surface area contributed by atoms with Crippen LogP contribution in [0.15, 0.2) is 24.4 Å². The molecule has 1 fully saturated rings. The van der Waals surface area contributed by atoms with Gasteiger partial charge in [-0.1, -0.05) is 12.2 Å². The van der Waals surface area contributed by atoms with Gasteiger partial charge in [0.25, 0.3) is 0 Å². The van der Waals surface area contributed by atoms with Crippen molar-refractivity contribution in [3.05, 3.63) is 30.1 Å². The van der Waals surface area contributed by atoms with Crippen molar-refractivity contribution in [1.82, 2.24) is 15.1 Å². The Balaban J connectivity index is 1.57. The standard InChI is InChI=1S/C15H19N3O3/c1-18-7-5-11(17-18)4-6-16-14(19)12-9-2-3-10(8-9)13(12)15(20)21/h2-3,5,7,9-10,12-13H,4,6,8H2,1H3,(H,16,19)(H,20,21)/t9?,10?,12-,13+/m0/s1. The molecule has 2 bridgehead atoms. The van der Waals surface area contributed by atoms with E-state index in [1.807, 2.05) is 31.5 Å². The fourth-order valence-corrected chi connectivity index (χ4v) is 3.54. The number of carboxylic acids is 1. The second-order valence-corrected chi connectivity index (χ2v) is 5.86. The minimum Gasteiger partial charge on any atom is -0.481 e. The van der Waals surface area contributed by atoms with Gasteiger partial charge in [0, 0.05) is 26.2 Å². The largest absolute Gasteiger partial charge is 0.481 e. The number of allylic oxidation sites excluding steroid dienone is 2. The molecule has 2 N–H and O–H groups in total. The SMILES string of the molecule is Cn1ccc(CCNC(=O)[C@H]2C3C=CC(C3)[C@H]2C(=O)O)n1. The van der Waals surface area contributed by atoms with Crippen LogP contribution in [0.5, 0.6) is 0 Å². The summed E-state index contributed by atoms with van der Waals surface area (Å²) in [5.41, 5.74) is 0.917. The van der Waals surface area contributed by atoms with Crippen LogP contribution in [0.2, 0.25) is 0 Å². The number of nitrogens with one attached hydrogen (secondary N) is 1. The maximum absolute atomic E-state index is 12.3. The minimum absolute atomic E-state index is 0.0130. The summed E-state index contributed by atoms with van der Waals surface area (Å²) in [5, 5.41) is 16.4. The predicted molar refractivity (Wildman–Crippen MR) is 75.3 cm³/mol. The second kappa shape index (κ2) is 5.35. The van der Waals surface area contributed by atoms with Crippen molar-refractivity contribution in [2.45, 2.75) is 12.8 Å². The number of carbonyl (C=O) groups excluding carboxylic acids is 1. The number of fused-ring (bicyclic) bond motifs is 2. The molecule has 1 aromatic rings. The third-order valence-corrected chi connectivity index (χ3v) is 4.50. The first-order valence-corrected chi connectivity index (χ1v) is 7.23. The molecule has 0 radical (unpaired) electrons. The van der Waals surface area contributed by atoms with Crippen molar-refractivity contribution in [1.29, 1.82) is 0 Å². The van der Waals surface area contributed by atoms with Gasteiger partial charge in [-0.05, 0) is 24.3 Å². The van der Waals surface area contributed by atoms with E-state index in [9.17, 15) is 14.7 Å². The fourth-order valence-electron chi connectivity index (χ4n) is 3.54. The van der Waals surface area contributed by atoms with Gasteiger partial charge in [-0.3, -0.25) is 14.3 Å². The number of hydrogen-bond donors (Lipinski definition) is 2. The number of aryl methyl sites for hydroxylation is 1. The number of carboxylic acid groups (broad SMARTS) is 1. The van der Waals surface area contributed by atoms with Gasteiger partial charge in [0.1, 0.15) is 0 Å². The molecule has 1 saturated carbocycles. The van der Waals surface area contributed by atoms with Crippen molar-refractivity contribution in [3.8, 4) is 0 Å². The van der Waals surface area contributed by atoms with Crippen LogP contribution in [0.25, 0.3) is 0 Å². The maximum atomic E-state index is 12.3. The van der Waals surface area contributed by atoms with Crippen LogP contribution >= 0.6 is 0 Å². The summed E-state index contributed by atoms with van der Waals surface area (Å²) in [4.78, 5) is 23.7. The van der Waals surface area contributed by atoms with Crippen molar-refractivity contribution >= 4 is 11.9 Å². The molecule has 0 spiro atoms. The number of aliphatic carboxylic acids is 1. The van der Waals surface area contributed by atoms with Crippen LogP contribution < -0.4 is 5.32 Å². The van der Waals surface area contributed by atoms with Gasteiger partial charge < -0.3 is 10.4 Å². The van der Waals surface area contributed by atoms with E-state index in [1.54, 1.807) is 4.68 Å². The Hall–Kier alpha value is -2.11. The topological polar surface area (TPSA) is 84.2 Å². The fraction of sp³-hybridized carbons (Fsp3) is 0.533. The summed E-state index contributed by atoms with van der Waals surface area (Å²) >= 11 is 0. The van der Waals surface area contributed by atoms with Gasteiger partial charge in [-0.15, -0.1) is 0 Å². The number of aromatic nitrogens is 2. The van der Waals surface area contributed by atoms with Crippen LogP contribution in [0, 0.1) is 23.7 Å². The lowest BCUT2D eigenvalue weighted by Gasteiger charge is -2.23. The molecule has 112 valence electrons.